The van der Waals surface area contributed by atoms with Crippen LogP contribution in [0, 0.1) is 6.92 Å². The van der Waals surface area contributed by atoms with Gasteiger partial charge in [0.25, 0.3) is 0 Å². The van der Waals surface area contributed by atoms with Crippen molar-refractivity contribution < 1.29 is 14.7 Å². The number of amides is 1. The van der Waals surface area contributed by atoms with Gasteiger partial charge >= 0.3 is 5.97 Å². The molecule has 1 heterocycles. The molecular weight excluding hydrogens is 196 g/mol. The van der Waals surface area contributed by atoms with Crippen LogP contribution in [-0.4, -0.2) is 22.0 Å². The van der Waals surface area contributed by atoms with Crippen LogP contribution in [0.25, 0.3) is 0 Å². The Morgan fingerprint density at radius 1 is 1.47 bits per heavy atom. The molecule has 1 rings (SSSR count). The molecule has 15 heavy (non-hydrogen) atoms. The topological polar surface area (TPSA) is 79.3 Å². The van der Waals surface area contributed by atoms with Gasteiger partial charge in [-0.3, -0.25) is 14.6 Å². The third-order valence-corrected chi connectivity index (χ3v) is 1.86. The van der Waals surface area contributed by atoms with Gasteiger partial charge in [-0.2, -0.15) is 0 Å². The number of aliphatic carboxylic acids is 1. The Morgan fingerprint density at radius 3 is 2.80 bits per heavy atom. The molecule has 1 aromatic heterocycles. The summed E-state index contributed by atoms with van der Waals surface area (Å²) in [6, 6.07) is 1.67. The molecule has 0 radical (unpaired) electrons. The summed E-state index contributed by atoms with van der Waals surface area (Å²) in [4.78, 5) is 25.4. The van der Waals surface area contributed by atoms with Crippen LogP contribution in [0.3, 0.4) is 0 Å². The molecule has 0 aromatic carbocycles. The van der Waals surface area contributed by atoms with Crippen molar-refractivity contribution in [3.8, 4) is 0 Å². The van der Waals surface area contributed by atoms with E-state index in [4.69, 9.17) is 5.11 Å². The first kappa shape index (κ1) is 11.2. The van der Waals surface area contributed by atoms with Crippen LogP contribution < -0.4 is 5.32 Å². The number of carboxylic acids is 1. The average Bonchev–Trinajstić information content (AvgIpc) is 2.18. The molecule has 5 heteroatoms. The summed E-state index contributed by atoms with van der Waals surface area (Å²) in [7, 11) is 0. The third kappa shape index (κ3) is 3.76. The van der Waals surface area contributed by atoms with Crippen molar-refractivity contribution in [3.05, 3.63) is 24.0 Å². The number of aryl methyl sites for hydroxylation is 1. The number of anilines is 1. The lowest BCUT2D eigenvalue weighted by molar-refractivity contribution is -0.138. The van der Waals surface area contributed by atoms with Gasteiger partial charge in [0.1, 0.15) is 0 Å². The highest BCUT2D eigenvalue weighted by Crippen LogP contribution is 2.11. The molecule has 0 saturated heterocycles. The van der Waals surface area contributed by atoms with Crippen molar-refractivity contribution in [2.75, 3.05) is 5.32 Å². The second-order valence-corrected chi connectivity index (χ2v) is 3.13. The minimum atomic E-state index is -0.975. The van der Waals surface area contributed by atoms with Crippen LogP contribution in [0.4, 0.5) is 5.69 Å². The number of carbonyl (C=O) groups excluding carboxylic acids is 1. The lowest BCUT2D eigenvalue weighted by Crippen LogP contribution is -2.13. The van der Waals surface area contributed by atoms with Crippen LogP contribution in [0.1, 0.15) is 18.4 Å². The highest BCUT2D eigenvalue weighted by atomic mass is 16.4. The first-order chi connectivity index (χ1) is 7.09. The van der Waals surface area contributed by atoms with Gasteiger partial charge in [0.2, 0.25) is 5.91 Å². The van der Waals surface area contributed by atoms with Gasteiger partial charge in [0, 0.05) is 24.5 Å². The molecule has 5 nitrogen and oxygen atoms in total. The lowest BCUT2D eigenvalue weighted by atomic mass is 10.2. The molecular formula is C10H12N2O3. The molecule has 0 spiro atoms. The van der Waals surface area contributed by atoms with Crippen LogP contribution in [0.5, 0.6) is 0 Å². The molecule has 0 bridgehead atoms. The number of hydrogen-bond donors (Lipinski definition) is 2. The summed E-state index contributed by atoms with van der Waals surface area (Å²) in [5.41, 5.74) is 1.52. The second-order valence-electron chi connectivity index (χ2n) is 3.13. The number of carboxylic acid groups (broad SMARTS) is 1. The van der Waals surface area contributed by atoms with Gasteiger partial charge in [-0.05, 0) is 18.6 Å². The number of rotatable bonds is 4. The quantitative estimate of drug-likeness (QED) is 0.779. The summed E-state index contributed by atoms with van der Waals surface area (Å²) in [5, 5.41) is 11.0. The number of aromatic nitrogens is 1. The van der Waals surface area contributed by atoms with Crippen molar-refractivity contribution in [1.82, 2.24) is 4.98 Å². The Labute approximate surface area is 87.1 Å². The minimum Gasteiger partial charge on any atom is -0.481 e. The molecule has 0 aliphatic rings. The first-order valence-corrected chi connectivity index (χ1v) is 4.52. The van der Waals surface area contributed by atoms with Crippen LogP contribution in [0.2, 0.25) is 0 Å². The Morgan fingerprint density at radius 2 is 2.20 bits per heavy atom. The fraction of sp³-hybridized carbons (Fsp3) is 0.300. The molecule has 0 aliphatic carbocycles. The van der Waals surface area contributed by atoms with Crippen molar-refractivity contribution >= 4 is 17.6 Å². The van der Waals surface area contributed by atoms with Gasteiger partial charge in [-0.25, -0.2) is 0 Å². The maximum Gasteiger partial charge on any atom is 0.303 e. The Balaban J connectivity index is 2.52. The highest BCUT2D eigenvalue weighted by molar-refractivity contribution is 5.92. The zero-order chi connectivity index (χ0) is 11.3. The molecule has 1 amide bonds. The Kier molecular flexibility index (Phi) is 3.79. The van der Waals surface area contributed by atoms with E-state index in [-0.39, 0.29) is 18.7 Å². The Bertz CT molecular complexity index is 377. The molecule has 0 fully saturated rings. The Hall–Kier alpha value is -1.91. The molecule has 0 atom stereocenters. The zero-order valence-electron chi connectivity index (χ0n) is 8.36. The summed E-state index contributed by atoms with van der Waals surface area (Å²) >= 11 is 0. The van der Waals surface area contributed by atoms with Crippen molar-refractivity contribution in [3.63, 3.8) is 0 Å². The monoisotopic (exact) mass is 208 g/mol. The number of nitrogens with zero attached hydrogens (tertiary/aromatic N) is 1. The normalized spacial score (nSPS) is 9.67. The fourth-order valence-electron chi connectivity index (χ4n) is 1.05. The average molecular weight is 208 g/mol. The molecule has 2 N–H and O–H groups in total. The first-order valence-electron chi connectivity index (χ1n) is 4.52. The molecule has 0 aliphatic heterocycles. The van der Waals surface area contributed by atoms with Gasteiger partial charge in [-0.1, -0.05) is 0 Å². The molecule has 0 unspecified atom stereocenters. The van der Waals surface area contributed by atoms with E-state index in [1.54, 1.807) is 18.5 Å². The van der Waals surface area contributed by atoms with E-state index in [0.29, 0.717) is 5.69 Å². The second kappa shape index (κ2) is 5.09. The lowest BCUT2D eigenvalue weighted by Gasteiger charge is -2.06. The van der Waals surface area contributed by atoms with Crippen molar-refractivity contribution in [1.29, 1.82) is 0 Å². The van der Waals surface area contributed by atoms with Crippen LogP contribution in [-0.2, 0) is 9.59 Å². The van der Waals surface area contributed by atoms with E-state index in [2.05, 4.69) is 10.3 Å². The van der Waals surface area contributed by atoms with Gasteiger partial charge < -0.3 is 10.4 Å². The van der Waals surface area contributed by atoms with E-state index in [1.807, 2.05) is 6.92 Å². The maximum absolute atomic E-state index is 11.3. The summed E-state index contributed by atoms with van der Waals surface area (Å²) in [6.45, 7) is 1.82. The van der Waals surface area contributed by atoms with Crippen molar-refractivity contribution in [2.45, 2.75) is 19.8 Å². The standard InChI is InChI=1S/C10H12N2O3/c1-7-6-11-5-4-8(7)12-9(13)2-3-10(14)15/h4-6H,2-3H2,1H3,(H,14,15)(H,11,12,13). The highest BCUT2D eigenvalue weighted by Gasteiger charge is 2.06. The van der Waals surface area contributed by atoms with Crippen molar-refractivity contribution in [2.24, 2.45) is 0 Å². The van der Waals surface area contributed by atoms with Gasteiger partial charge in [-0.15, -0.1) is 0 Å². The summed E-state index contributed by atoms with van der Waals surface area (Å²) in [5.74, 6) is -1.27. The number of pyridine rings is 1. The predicted molar refractivity (Wildman–Crippen MR) is 54.5 cm³/mol. The number of nitrogens with one attached hydrogen (secondary N) is 1. The fourth-order valence-corrected chi connectivity index (χ4v) is 1.05. The minimum absolute atomic E-state index is 0.0168. The third-order valence-electron chi connectivity index (χ3n) is 1.86. The largest absolute Gasteiger partial charge is 0.481 e. The molecule has 0 saturated carbocycles. The van der Waals surface area contributed by atoms with E-state index in [9.17, 15) is 9.59 Å². The van der Waals surface area contributed by atoms with E-state index in [0.717, 1.165) is 5.56 Å². The van der Waals surface area contributed by atoms with E-state index >= 15 is 0 Å². The summed E-state index contributed by atoms with van der Waals surface area (Å²) < 4.78 is 0. The van der Waals surface area contributed by atoms with E-state index < -0.39 is 5.97 Å². The summed E-state index contributed by atoms with van der Waals surface area (Å²) in [6.07, 6.45) is 3.03. The number of carbonyl (C=O) groups is 2. The van der Waals surface area contributed by atoms with Crippen LogP contribution >= 0.6 is 0 Å². The number of hydrogen-bond acceptors (Lipinski definition) is 3. The molecule has 80 valence electrons. The SMILES string of the molecule is Cc1cnccc1NC(=O)CCC(=O)O. The van der Waals surface area contributed by atoms with Gasteiger partial charge in [0.05, 0.1) is 6.42 Å². The maximum atomic E-state index is 11.3. The van der Waals surface area contributed by atoms with Gasteiger partial charge in [0.15, 0.2) is 0 Å². The van der Waals surface area contributed by atoms with E-state index in [1.165, 1.54) is 0 Å². The predicted octanol–water partition coefficient (Wildman–Crippen LogP) is 1.19. The molecule has 1 aromatic rings. The zero-order valence-corrected chi connectivity index (χ0v) is 8.36. The smallest absolute Gasteiger partial charge is 0.303 e. The van der Waals surface area contributed by atoms with Crippen LogP contribution in [0.15, 0.2) is 18.5 Å².